The van der Waals surface area contributed by atoms with Crippen molar-refractivity contribution in [2.45, 2.75) is 0 Å². The van der Waals surface area contributed by atoms with Crippen molar-refractivity contribution < 1.29 is 9.59 Å². The lowest BCUT2D eigenvalue weighted by Gasteiger charge is -2.07. The minimum atomic E-state index is -0.363. The molecule has 24 heavy (non-hydrogen) atoms. The molecule has 0 unspecified atom stereocenters. The van der Waals surface area contributed by atoms with Gasteiger partial charge in [0.1, 0.15) is 4.88 Å². The number of carbonyl (C=O) groups is 2. The first-order valence-electron chi connectivity index (χ1n) is 7.19. The van der Waals surface area contributed by atoms with E-state index in [0.29, 0.717) is 16.3 Å². The van der Waals surface area contributed by atoms with Crippen molar-refractivity contribution >= 4 is 46.0 Å². The molecule has 0 saturated heterocycles. The number of rotatable bonds is 4. The van der Waals surface area contributed by atoms with E-state index in [1.165, 1.54) is 18.4 Å². The molecule has 3 aromatic rings. The first kappa shape index (κ1) is 16.2. The van der Waals surface area contributed by atoms with Crippen LogP contribution in [0.5, 0.6) is 0 Å². The van der Waals surface area contributed by atoms with Gasteiger partial charge in [0.2, 0.25) is 0 Å². The Hall–Kier alpha value is -2.64. The van der Waals surface area contributed by atoms with Crippen LogP contribution in [0.15, 0.2) is 53.2 Å². The van der Waals surface area contributed by atoms with E-state index in [0.717, 1.165) is 10.4 Å². The molecule has 1 aromatic carbocycles. The molecule has 122 valence electrons. The van der Waals surface area contributed by atoms with Gasteiger partial charge < -0.3 is 16.0 Å². The highest BCUT2D eigenvalue weighted by Gasteiger charge is 2.19. The average molecular weight is 357 g/mol. The molecule has 2 aromatic heterocycles. The standard InChI is InChI=1S/C17H15N3O2S2/c1-18-17(22)20-13-9-14(11-7-8-23-10-11)24-15(13)16(21)19-12-5-3-2-4-6-12/h2-10H,1H3,(H,19,21)(H2,18,20,22). The predicted molar refractivity (Wildman–Crippen MR) is 100 cm³/mol. The van der Waals surface area contributed by atoms with Crippen LogP contribution in [0.1, 0.15) is 9.67 Å². The summed E-state index contributed by atoms with van der Waals surface area (Å²) in [7, 11) is 1.53. The van der Waals surface area contributed by atoms with Crippen molar-refractivity contribution in [2.75, 3.05) is 17.7 Å². The Morgan fingerprint density at radius 2 is 1.83 bits per heavy atom. The Bertz CT molecular complexity index is 842. The van der Waals surface area contributed by atoms with E-state index in [1.54, 1.807) is 11.3 Å². The van der Waals surface area contributed by atoms with Gasteiger partial charge in [0, 0.05) is 23.2 Å². The van der Waals surface area contributed by atoms with Crippen molar-refractivity contribution in [2.24, 2.45) is 0 Å². The zero-order valence-electron chi connectivity index (χ0n) is 12.8. The summed E-state index contributed by atoms with van der Waals surface area (Å²) in [6.07, 6.45) is 0. The van der Waals surface area contributed by atoms with Crippen LogP contribution in [0.3, 0.4) is 0 Å². The van der Waals surface area contributed by atoms with Crippen LogP contribution in [-0.2, 0) is 0 Å². The molecule has 2 heterocycles. The number of thiophene rings is 2. The number of nitrogens with one attached hydrogen (secondary N) is 3. The quantitative estimate of drug-likeness (QED) is 0.644. The minimum Gasteiger partial charge on any atom is -0.341 e. The number of benzene rings is 1. The highest BCUT2D eigenvalue weighted by Crippen LogP contribution is 2.36. The maximum Gasteiger partial charge on any atom is 0.319 e. The van der Waals surface area contributed by atoms with Gasteiger partial charge in [-0.2, -0.15) is 11.3 Å². The molecule has 0 bridgehead atoms. The molecule has 0 aliphatic rings. The van der Waals surface area contributed by atoms with Gasteiger partial charge in [-0.15, -0.1) is 11.3 Å². The lowest BCUT2D eigenvalue weighted by Crippen LogP contribution is -2.25. The van der Waals surface area contributed by atoms with Crippen LogP contribution in [0.4, 0.5) is 16.2 Å². The van der Waals surface area contributed by atoms with E-state index < -0.39 is 0 Å². The maximum absolute atomic E-state index is 12.6. The van der Waals surface area contributed by atoms with Gasteiger partial charge in [0.25, 0.3) is 5.91 Å². The van der Waals surface area contributed by atoms with E-state index in [-0.39, 0.29) is 11.9 Å². The van der Waals surface area contributed by atoms with E-state index in [1.807, 2.05) is 53.2 Å². The molecule has 5 nitrogen and oxygen atoms in total. The Labute approximate surface area is 147 Å². The van der Waals surface area contributed by atoms with E-state index in [4.69, 9.17) is 0 Å². The lowest BCUT2D eigenvalue weighted by atomic mass is 10.2. The third-order valence-corrected chi connectivity index (χ3v) is 5.12. The predicted octanol–water partition coefficient (Wildman–Crippen LogP) is 4.48. The summed E-state index contributed by atoms with van der Waals surface area (Å²) in [5.41, 5.74) is 2.23. The number of urea groups is 1. The molecule has 0 aliphatic heterocycles. The van der Waals surface area contributed by atoms with Gasteiger partial charge >= 0.3 is 6.03 Å². The van der Waals surface area contributed by atoms with Crippen LogP contribution < -0.4 is 16.0 Å². The van der Waals surface area contributed by atoms with Crippen molar-refractivity contribution in [3.8, 4) is 10.4 Å². The Morgan fingerprint density at radius 1 is 1.04 bits per heavy atom. The number of para-hydroxylation sites is 1. The largest absolute Gasteiger partial charge is 0.341 e. The molecule has 0 atom stereocenters. The molecule has 3 N–H and O–H groups in total. The fourth-order valence-corrected chi connectivity index (χ4v) is 3.83. The second-order valence-corrected chi connectivity index (χ2v) is 6.72. The SMILES string of the molecule is CNC(=O)Nc1cc(-c2ccsc2)sc1C(=O)Nc1ccccc1. The van der Waals surface area contributed by atoms with Gasteiger partial charge in [-0.3, -0.25) is 4.79 Å². The summed E-state index contributed by atoms with van der Waals surface area (Å²) >= 11 is 2.93. The normalized spacial score (nSPS) is 10.2. The third-order valence-electron chi connectivity index (χ3n) is 3.25. The van der Waals surface area contributed by atoms with Crippen LogP contribution in [0, 0.1) is 0 Å². The zero-order chi connectivity index (χ0) is 16.9. The molecule has 0 saturated carbocycles. The monoisotopic (exact) mass is 357 g/mol. The summed E-state index contributed by atoms with van der Waals surface area (Å²) in [6.45, 7) is 0. The number of amides is 3. The summed E-state index contributed by atoms with van der Waals surface area (Å²) < 4.78 is 0. The van der Waals surface area contributed by atoms with Gasteiger partial charge in [-0.05, 0) is 35.0 Å². The highest BCUT2D eigenvalue weighted by molar-refractivity contribution is 7.18. The van der Waals surface area contributed by atoms with Crippen LogP contribution in [-0.4, -0.2) is 19.0 Å². The summed E-state index contributed by atoms with van der Waals surface area (Å²) in [5, 5.41) is 12.0. The Morgan fingerprint density at radius 3 is 2.50 bits per heavy atom. The summed E-state index contributed by atoms with van der Waals surface area (Å²) in [4.78, 5) is 25.7. The minimum absolute atomic E-state index is 0.251. The van der Waals surface area contributed by atoms with Crippen molar-refractivity contribution in [1.82, 2.24) is 5.32 Å². The van der Waals surface area contributed by atoms with Gasteiger partial charge in [-0.1, -0.05) is 18.2 Å². The first-order valence-corrected chi connectivity index (χ1v) is 8.95. The smallest absolute Gasteiger partial charge is 0.319 e. The Balaban J connectivity index is 1.92. The topological polar surface area (TPSA) is 70.2 Å². The third kappa shape index (κ3) is 3.64. The van der Waals surface area contributed by atoms with E-state index in [2.05, 4.69) is 16.0 Å². The van der Waals surface area contributed by atoms with E-state index >= 15 is 0 Å². The molecule has 3 rings (SSSR count). The number of carbonyl (C=O) groups excluding carboxylic acids is 2. The fourth-order valence-electron chi connectivity index (χ4n) is 2.09. The lowest BCUT2D eigenvalue weighted by molar-refractivity contribution is 0.103. The number of anilines is 2. The Kier molecular flexibility index (Phi) is 4.93. The zero-order valence-corrected chi connectivity index (χ0v) is 14.5. The summed E-state index contributed by atoms with van der Waals surface area (Å²) in [6, 6.07) is 12.7. The fraction of sp³-hybridized carbons (Fsp3) is 0.0588. The second kappa shape index (κ2) is 7.29. The molecular weight excluding hydrogens is 342 g/mol. The number of hydrogen-bond donors (Lipinski definition) is 3. The maximum atomic E-state index is 12.6. The van der Waals surface area contributed by atoms with Gasteiger partial charge in [0.15, 0.2) is 0 Å². The van der Waals surface area contributed by atoms with Crippen molar-refractivity contribution in [1.29, 1.82) is 0 Å². The van der Waals surface area contributed by atoms with E-state index in [9.17, 15) is 9.59 Å². The van der Waals surface area contributed by atoms with Crippen molar-refractivity contribution in [3.63, 3.8) is 0 Å². The number of hydrogen-bond acceptors (Lipinski definition) is 4. The van der Waals surface area contributed by atoms with Crippen LogP contribution in [0.2, 0.25) is 0 Å². The summed E-state index contributed by atoms with van der Waals surface area (Å²) in [5.74, 6) is -0.251. The van der Waals surface area contributed by atoms with Crippen molar-refractivity contribution in [3.05, 3.63) is 58.1 Å². The molecule has 0 fully saturated rings. The molecule has 3 amide bonds. The van der Waals surface area contributed by atoms with Crippen LogP contribution in [0.25, 0.3) is 10.4 Å². The first-order chi connectivity index (χ1) is 11.7. The highest BCUT2D eigenvalue weighted by atomic mass is 32.1. The molecular formula is C17H15N3O2S2. The molecule has 7 heteroatoms. The molecule has 0 spiro atoms. The van der Waals surface area contributed by atoms with Gasteiger partial charge in [-0.25, -0.2) is 4.79 Å². The van der Waals surface area contributed by atoms with Crippen LogP contribution >= 0.6 is 22.7 Å². The average Bonchev–Trinajstić information content (AvgIpc) is 3.25. The van der Waals surface area contributed by atoms with Gasteiger partial charge in [0.05, 0.1) is 5.69 Å². The molecule has 0 aliphatic carbocycles. The molecule has 0 radical (unpaired) electrons. The second-order valence-electron chi connectivity index (χ2n) is 4.89.